The second-order valence-corrected chi connectivity index (χ2v) is 3.70. The molecule has 16 heavy (non-hydrogen) atoms. The van der Waals surface area contributed by atoms with Crippen LogP contribution in [0.15, 0.2) is 24.3 Å². The van der Waals surface area contributed by atoms with Crippen molar-refractivity contribution < 1.29 is 28.8 Å². The minimum atomic E-state index is -4.50. The average Bonchev–Trinajstić information content (AvgIpc) is 2.16. The van der Waals surface area contributed by atoms with Crippen molar-refractivity contribution in [3.63, 3.8) is 0 Å². The van der Waals surface area contributed by atoms with Crippen LogP contribution in [0, 0.1) is 0 Å². The van der Waals surface area contributed by atoms with Gasteiger partial charge in [0.15, 0.2) is 5.54 Å². The van der Waals surface area contributed by atoms with Gasteiger partial charge in [0.1, 0.15) is 5.97 Å². The molecule has 1 atom stereocenters. The van der Waals surface area contributed by atoms with Crippen LogP contribution in [0.4, 0.5) is 13.2 Å². The number of halogens is 3. The molecule has 1 aromatic carbocycles. The summed E-state index contributed by atoms with van der Waals surface area (Å²) in [5.41, 5.74) is 0.699. The Morgan fingerprint density at radius 1 is 1.31 bits per heavy atom. The van der Waals surface area contributed by atoms with E-state index in [1.165, 1.54) is 13.0 Å². The monoisotopic (exact) mass is 233 g/mol. The minimum absolute atomic E-state index is 0.0395. The zero-order chi connectivity index (χ0) is 12.6. The zero-order valence-electron chi connectivity index (χ0n) is 8.47. The van der Waals surface area contributed by atoms with Crippen molar-refractivity contribution in [1.82, 2.24) is 0 Å². The number of aliphatic carboxylic acids is 1. The minimum Gasteiger partial charge on any atom is -0.543 e. The van der Waals surface area contributed by atoms with Crippen LogP contribution < -0.4 is 10.8 Å². The van der Waals surface area contributed by atoms with Gasteiger partial charge in [-0.3, -0.25) is 0 Å². The van der Waals surface area contributed by atoms with Crippen molar-refractivity contribution in [3.05, 3.63) is 35.4 Å². The number of carbonyl (C=O) groups is 1. The molecule has 3 N–H and O–H groups in total. The highest BCUT2D eigenvalue weighted by molar-refractivity contribution is 5.76. The van der Waals surface area contributed by atoms with E-state index >= 15 is 0 Å². The Bertz CT molecular complexity index is 413. The van der Waals surface area contributed by atoms with Crippen LogP contribution in [0.5, 0.6) is 0 Å². The Morgan fingerprint density at radius 3 is 2.25 bits per heavy atom. The Balaban J connectivity index is 3.23. The summed E-state index contributed by atoms with van der Waals surface area (Å²) < 4.78 is 37.1. The van der Waals surface area contributed by atoms with Crippen LogP contribution in [0.3, 0.4) is 0 Å². The number of carboxylic acids is 1. The third kappa shape index (κ3) is 2.33. The first-order valence-electron chi connectivity index (χ1n) is 4.40. The fraction of sp³-hybridized carbons (Fsp3) is 0.300. The lowest BCUT2D eigenvalue weighted by Crippen LogP contribution is -2.75. The first kappa shape index (κ1) is 12.5. The summed E-state index contributed by atoms with van der Waals surface area (Å²) in [6.45, 7) is 1.19. The predicted octanol–water partition coefficient (Wildman–Crippen LogP) is -0.0876. The van der Waals surface area contributed by atoms with Crippen LogP contribution in [0.25, 0.3) is 0 Å². The quantitative estimate of drug-likeness (QED) is 0.775. The third-order valence-corrected chi connectivity index (χ3v) is 2.28. The van der Waals surface area contributed by atoms with Crippen LogP contribution >= 0.6 is 0 Å². The molecule has 1 aromatic rings. The van der Waals surface area contributed by atoms with E-state index in [1.807, 2.05) is 0 Å². The standard InChI is InChI=1S/C10H10F3NO2/c1-9(14,8(15)16)6-3-2-4-7(5-6)10(11,12)13/h2-5H,14H2,1H3,(H,15,16)/t9-/m1/s1. The molecular weight excluding hydrogens is 223 g/mol. The highest BCUT2D eigenvalue weighted by Crippen LogP contribution is 2.31. The molecule has 0 unspecified atom stereocenters. The van der Waals surface area contributed by atoms with Crippen LogP contribution in [-0.4, -0.2) is 5.97 Å². The van der Waals surface area contributed by atoms with Crippen molar-refractivity contribution in [3.8, 4) is 0 Å². The molecule has 6 heteroatoms. The van der Waals surface area contributed by atoms with Crippen LogP contribution in [0.1, 0.15) is 18.1 Å². The molecule has 0 spiro atoms. The fourth-order valence-electron chi connectivity index (χ4n) is 1.16. The molecule has 0 fully saturated rings. The first-order valence-corrected chi connectivity index (χ1v) is 4.40. The average molecular weight is 233 g/mol. The summed E-state index contributed by atoms with van der Waals surface area (Å²) in [5, 5.41) is 10.7. The molecule has 0 bridgehead atoms. The fourth-order valence-corrected chi connectivity index (χ4v) is 1.16. The van der Waals surface area contributed by atoms with E-state index in [9.17, 15) is 23.1 Å². The lowest BCUT2D eigenvalue weighted by molar-refractivity contribution is -0.489. The van der Waals surface area contributed by atoms with E-state index in [4.69, 9.17) is 0 Å². The van der Waals surface area contributed by atoms with Gasteiger partial charge in [0.25, 0.3) is 0 Å². The van der Waals surface area contributed by atoms with Crippen molar-refractivity contribution >= 4 is 5.97 Å². The molecule has 0 aromatic heterocycles. The van der Waals surface area contributed by atoms with Crippen molar-refractivity contribution in [2.45, 2.75) is 18.6 Å². The first-order chi connectivity index (χ1) is 7.15. The maximum absolute atomic E-state index is 12.4. The van der Waals surface area contributed by atoms with Gasteiger partial charge in [0.2, 0.25) is 0 Å². The Morgan fingerprint density at radius 2 is 1.81 bits per heavy atom. The zero-order valence-corrected chi connectivity index (χ0v) is 8.47. The second-order valence-electron chi connectivity index (χ2n) is 3.70. The van der Waals surface area contributed by atoms with Gasteiger partial charge in [0.05, 0.1) is 5.56 Å². The lowest BCUT2D eigenvalue weighted by atomic mass is 9.92. The van der Waals surface area contributed by atoms with Crippen molar-refractivity contribution in [1.29, 1.82) is 0 Å². The number of carboxylic acid groups (broad SMARTS) is 1. The van der Waals surface area contributed by atoms with E-state index in [2.05, 4.69) is 5.73 Å². The maximum atomic E-state index is 12.4. The molecule has 0 aliphatic rings. The third-order valence-electron chi connectivity index (χ3n) is 2.28. The van der Waals surface area contributed by atoms with E-state index in [-0.39, 0.29) is 5.56 Å². The molecule has 0 heterocycles. The molecule has 0 amide bonds. The number of rotatable bonds is 2. The lowest BCUT2D eigenvalue weighted by Gasteiger charge is -2.23. The van der Waals surface area contributed by atoms with Gasteiger partial charge in [-0.25, -0.2) is 0 Å². The molecule has 3 nitrogen and oxygen atoms in total. The summed E-state index contributed by atoms with van der Waals surface area (Å²) in [7, 11) is 0. The maximum Gasteiger partial charge on any atom is 0.416 e. The van der Waals surface area contributed by atoms with Crippen molar-refractivity contribution in [2.24, 2.45) is 0 Å². The highest BCUT2D eigenvalue weighted by atomic mass is 19.4. The summed E-state index contributed by atoms with van der Waals surface area (Å²) >= 11 is 0. The summed E-state index contributed by atoms with van der Waals surface area (Å²) in [5.74, 6) is -1.52. The van der Waals surface area contributed by atoms with Gasteiger partial charge in [-0.2, -0.15) is 13.2 Å². The number of benzene rings is 1. The highest BCUT2D eigenvalue weighted by Gasteiger charge is 2.34. The molecule has 0 saturated carbocycles. The van der Waals surface area contributed by atoms with Gasteiger partial charge < -0.3 is 15.6 Å². The van der Waals surface area contributed by atoms with Gasteiger partial charge in [0, 0.05) is 12.5 Å². The number of alkyl halides is 3. The largest absolute Gasteiger partial charge is 0.543 e. The van der Waals surface area contributed by atoms with Gasteiger partial charge >= 0.3 is 6.18 Å². The number of carbonyl (C=O) groups excluding carboxylic acids is 1. The summed E-state index contributed by atoms with van der Waals surface area (Å²) in [6, 6.07) is 4.06. The Labute approximate surface area is 89.7 Å². The number of quaternary nitrogens is 1. The van der Waals surface area contributed by atoms with E-state index in [0.717, 1.165) is 18.2 Å². The normalized spacial score (nSPS) is 15.6. The predicted molar refractivity (Wildman–Crippen MR) is 46.7 cm³/mol. The molecule has 0 aliphatic carbocycles. The van der Waals surface area contributed by atoms with Gasteiger partial charge in [-0.05, 0) is 12.1 Å². The molecular formula is C10H10F3NO2. The SMILES string of the molecule is C[C@]([NH3+])(C(=O)[O-])c1cccc(C(F)(F)F)c1. The van der Waals surface area contributed by atoms with Gasteiger partial charge in [-0.1, -0.05) is 12.1 Å². The van der Waals surface area contributed by atoms with Crippen LogP contribution in [-0.2, 0) is 16.5 Å². The molecule has 0 aliphatic heterocycles. The van der Waals surface area contributed by atoms with E-state index in [1.54, 1.807) is 0 Å². The topological polar surface area (TPSA) is 67.8 Å². The Hall–Kier alpha value is -1.56. The van der Waals surface area contributed by atoms with Crippen LogP contribution in [0.2, 0.25) is 0 Å². The molecule has 1 rings (SSSR count). The van der Waals surface area contributed by atoms with Crippen molar-refractivity contribution in [2.75, 3.05) is 0 Å². The van der Waals surface area contributed by atoms with Gasteiger partial charge in [-0.15, -0.1) is 0 Å². The molecule has 0 saturated heterocycles. The Kier molecular flexibility index (Phi) is 2.96. The number of hydrogen-bond donors (Lipinski definition) is 1. The number of hydrogen-bond acceptors (Lipinski definition) is 2. The smallest absolute Gasteiger partial charge is 0.416 e. The second kappa shape index (κ2) is 3.79. The summed E-state index contributed by atoms with van der Waals surface area (Å²) in [4.78, 5) is 10.7. The molecule has 88 valence electrons. The van der Waals surface area contributed by atoms with E-state index in [0.29, 0.717) is 0 Å². The summed E-state index contributed by atoms with van der Waals surface area (Å²) in [6.07, 6.45) is -4.50. The molecule has 0 radical (unpaired) electrons. The van der Waals surface area contributed by atoms with E-state index < -0.39 is 23.2 Å².